The summed E-state index contributed by atoms with van der Waals surface area (Å²) < 4.78 is 16.0. The molecular formula is C10H10ClFN4O. The Bertz CT molecular complexity index is 600. The minimum atomic E-state index is -0.838. The van der Waals surface area contributed by atoms with Crippen molar-refractivity contribution in [3.8, 4) is 0 Å². The van der Waals surface area contributed by atoms with Crippen LogP contribution in [0.3, 0.4) is 0 Å². The van der Waals surface area contributed by atoms with Gasteiger partial charge in [-0.05, 0) is 6.92 Å². The predicted molar refractivity (Wildman–Crippen MR) is 60.5 cm³/mol. The Kier molecular flexibility index (Phi) is 2.97. The molecule has 90 valence electrons. The molecule has 5 nitrogen and oxygen atoms in total. The van der Waals surface area contributed by atoms with Crippen molar-refractivity contribution in [3.05, 3.63) is 45.1 Å². The van der Waals surface area contributed by atoms with E-state index in [1.54, 1.807) is 13.1 Å². The molecule has 2 aromatic heterocycles. The maximum absolute atomic E-state index is 13.3. The third kappa shape index (κ3) is 2.21. The molecule has 7 heteroatoms. The number of rotatable bonds is 2. The van der Waals surface area contributed by atoms with Crippen molar-refractivity contribution in [2.24, 2.45) is 7.05 Å². The summed E-state index contributed by atoms with van der Waals surface area (Å²) in [7, 11) is 1.68. The SMILES string of the molecule is Cc1ncn(Cc2cc(Cl)n(C)n2)c(=O)c1F. The standard InChI is InChI=1S/C10H10ClFN4O/c1-6-9(12)10(17)16(5-13-6)4-7-3-8(11)15(2)14-7/h3,5H,4H2,1-2H3. The first-order chi connectivity index (χ1) is 7.99. The number of aromatic nitrogens is 4. The summed E-state index contributed by atoms with van der Waals surface area (Å²) in [4.78, 5) is 15.4. The summed E-state index contributed by atoms with van der Waals surface area (Å²) in [5.74, 6) is -0.838. The van der Waals surface area contributed by atoms with Gasteiger partial charge in [0, 0.05) is 13.1 Å². The van der Waals surface area contributed by atoms with Gasteiger partial charge in [0.15, 0.2) is 0 Å². The molecule has 0 unspecified atom stereocenters. The van der Waals surface area contributed by atoms with E-state index in [2.05, 4.69) is 10.1 Å². The van der Waals surface area contributed by atoms with Crippen molar-refractivity contribution in [1.82, 2.24) is 19.3 Å². The smallest absolute Gasteiger partial charge is 0.290 e. The Morgan fingerprint density at radius 3 is 2.82 bits per heavy atom. The molecule has 0 spiro atoms. The molecule has 0 aromatic carbocycles. The first-order valence-corrected chi connectivity index (χ1v) is 5.27. The monoisotopic (exact) mass is 256 g/mol. The molecule has 0 saturated heterocycles. The van der Waals surface area contributed by atoms with Crippen molar-refractivity contribution in [3.63, 3.8) is 0 Å². The van der Waals surface area contributed by atoms with Crippen LogP contribution in [-0.2, 0) is 13.6 Å². The van der Waals surface area contributed by atoms with Gasteiger partial charge in [0.2, 0.25) is 5.82 Å². The van der Waals surface area contributed by atoms with Gasteiger partial charge in [-0.15, -0.1) is 0 Å². The van der Waals surface area contributed by atoms with Crippen LogP contribution in [0.25, 0.3) is 0 Å². The Labute approximate surface area is 101 Å². The van der Waals surface area contributed by atoms with Crippen molar-refractivity contribution in [2.45, 2.75) is 13.5 Å². The van der Waals surface area contributed by atoms with Gasteiger partial charge < -0.3 is 0 Å². The fourth-order valence-electron chi connectivity index (χ4n) is 1.41. The van der Waals surface area contributed by atoms with Crippen LogP contribution in [0.15, 0.2) is 17.2 Å². The van der Waals surface area contributed by atoms with E-state index in [1.807, 2.05) is 0 Å². The minimum Gasteiger partial charge on any atom is -0.291 e. The second-order valence-electron chi connectivity index (χ2n) is 3.66. The van der Waals surface area contributed by atoms with Gasteiger partial charge in [-0.3, -0.25) is 14.0 Å². The van der Waals surface area contributed by atoms with Crippen LogP contribution in [0.4, 0.5) is 4.39 Å². The number of halogens is 2. The van der Waals surface area contributed by atoms with Gasteiger partial charge in [0.05, 0.1) is 24.3 Å². The molecule has 0 radical (unpaired) electrons. The van der Waals surface area contributed by atoms with Crippen molar-refractivity contribution < 1.29 is 4.39 Å². The summed E-state index contributed by atoms with van der Waals surface area (Å²) >= 11 is 5.82. The molecule has 0 aliphatic carbocycles. The van der Waals surface area contributed by atoms with Crippen LogP contribution in [0.1, 0.15) is 11.4 Å². The zero-order valence-electron chi connectivity index (χ0n) is 9.31. The number of nitrogens with zero attached hydrogens (tertiary/aromatic N) is 4. The molecule has 0 aliphatic heterocycles. The minimum absolute atomic E-state index is 0.0882. The molecule has 0 atom stereocenters. The lowest BCUT2D eigenvalue weighted by Crippen LogP contribution is -2.25. The first kappa shape index (κ1) is 11.8. The Balaban J connectivity index is 2.37. The van der Waals surface area contributed by atoms with Crippen LogP contribution in [0.5, 0.6) is 0 Å². The number of hydrogen-bond donors (Lipinski definition) is 0. The van der Waals surface area contributed by atoms with Crippen LogP contribution < -0.4 is 5.56 Å². The Hall–Kier alpha value is -1.69. The third-order valence-electron chi connectivity index (χ3n) is 2.36. The summed E-state index contributed by atoms with van der Waals surface area (Å²) in [5, 5.41) is 4.53. The normalized spacial score (nSPS) is 10.8. The lowest BCUT2D eigenvalue weighted by Gasteiger charge is -2.03. The number of aryl methyl sites for hydroxylation is 2. The highest BCUT2D eigenvalue weighted by atomic mass is 35.5. The molecule has 0 bridgehead atoms. The van der Waals surface area contributed by atoms with E-state index < -0.39 is 11.4 Å². The van der Waals surface area contributed by atoms with Gasteiger partial charge in [-0.1, -0.05) is 11.6 Å². The Morgan fingerprint density at radius 1 is 1.53 bits per heavy atom. The fraction of sp³-hybridized carbons (Fsp3) is 0.300. The lowest BCUT2D eigenvalue weighted by atomic mass is 10.4. The molecule has 0 fully saturated rings. The maximum Gasteiger partial charge on any atom is 0.290 e. The predicted octanol–water partition coefficient (Wildman–Crippen LogP) is 1.13. The average molecular weight is 257 g/mol. The van der Waals surface area contributed by atoms with E-state index in [4.69, 9.17) is 11.6 Å². The van der Waals surface area contributed by atoms with Gasteiger partial charge in [-0.25, -0.2) is 4.98 Å². The largest absolute Gasteiger partial charge is 0.291 e. The van der Waals surface area contributed by atoms with E-state index in [9.17, 15) is 9.18 Å². The molecule has 0 N–H and O–H groups in total. The number of hydrogen-bond acceptors (Lipinski definition) is 3. The molecule has 0 aliphatic rings. The van der Waals surface area contributed by atoms with E-state index in [0.717, 1.165) is 4.57 Å². The quantitative estimate of drug-likeness (QED) is 0.809. The summed E-state index contributed by atoms with van der Waals surface area (Å²) in [6.45, 7) is 1.59. The van der Waals surface area contributed by atoms with Crippen LogP contribution in [0.2, 0.25) is 5.15 Å². The molecular weight excluding hydrogens is 247 g/mol. The van der Waals surface area contributed by atoms with Crippen LogP contribution in [0, 0.1) is 12.7 Å². The van der Waals surface area contributed by atoms with Gasteiger partial charge in [-0.2, -0.15) is 9.49 Å². The van der Waals surface area contributed by atoms with Crippen molar-refractivity contribution in [2.75, 3.05) is 0 Å². The lowest BCUT2D eigenvalue weighted by molar-refractivity contribution is 0.553. The molecule has 17 heavy (non-hydrogen) atoms. The van der Waals surface area contributed by atoms with Gasteiger partial charge in [0.25, 0.3) is 5.56 Å². The summed E-state index contributed by atoms with van der Waals surface area (Å²) in [6.07, 6.45) is 1.29. The molecule has 0 saturated carbocycles. The molecule has 0 amide bonds. The highest BCUT2D eigenvalue weighted by molar-refractivity contribution is 6.29. The third-order valence-corrected chi connectivity index (χ3v) is 2.72. The van der Waals surface area contributed by atoms with Gasteiger partial charge >= 0.3 is 0 Å². The first-order valence-electron chi connectivity index (χ1n) is 4.89. The van der Waals surface area contributed by atoms with E-state index in [1.165, 1.54) is 17.9 Å². The highest BCUT2D eigenvalue weighted by Crippen LogP contribution is 2.09. The van der Waals surface area contributed by atoms with Crippen molar-refractivity contribution in [1.29, 1.82) is 0 Å². The zero-order chi connectivity index (χ0) is 12.6. The van der Waals surface area contributed by atoms with E-state index >= 15 is 0 Å². The zero-order valence-corrected chi connectivity index (χ0v) is 10.1. The summed E-state index contributed by atoms with van der Waals surface area (Å²) in [6, 6.07) is 1.62. The molecule has 2 aromatic rings. The summed E-state index contributed by atoms with van der Waals surface area (Å²) in [5.41, 5.74) is -0.0470. The van der Waals surface area contributed by atoms with Crippen LogP contribution in [-0.4, -0.2) is 19.3 Å². The van der Waals surface area contributed by atoms with E-state index in [-0.39, 0.29) is 12.2 Å². The maximum atomic E-state index is 13.3. The topological polar surface area (TPSA) is 52.7 Å². The van der Waals surface area contributed by atoms with Crippen LogP contribution >= 0.6 is 11.6 Å². The average Bonchev–Trinajstić information content (AvgIpc) is 2.59. The van der Waals surface area contributed by atoms with E-state index in [0.29, 0.717) is 10.8 Å². The fourth-order valence-corrected chi connectivity index (χ4v) is 1.57. The van der Waals surface area contributed by atoms with Gasteiger partial charge in [0.1, 0.15) is 5.15 Å². The molecule has 2 rings (SSSR count). The Morgan fingerprint density at radius 2 is 2.24 bits per heavy atom. The highest BCUT2D eigenvalue weighted by Gasteiger charge is 2.10. The second kappa shape index (κ2) is 4.29. The molecule has 2 heterocycles. The second-order valence-corrected chi connectivity index (χ2v) is 4.05. The van der Waals surface area contributed by atoms with Crippen molar-refractivity contribution >= 4 is 11.6 Å².